The molecule has 1 aromatic heterocycles. The highest BCUT2D eigenvalue weighted by molar-refractivity contribution is 5.84. The molecule has 0 aliphatic carbocycles. The number of H-pyrrole nitrogens is 1. The summed E-state index contributed by atoms with van der Waals surface area (Å²) in [6, 6.07) is 13.1. The van der Waals surface area contributed by atoms with E-state index < -0.39 is 0 Å². The van der Waals surface area contributed by atoms with Crippen LogP contribution in [0.5, 0.6) is 0 Å². The molecule has 0 aliphatic heterocycles. The number of nitrogens with zero attached hydrogens (tertiary/aromatic N) is 1. The SMILES string of the molecule is Fc1c(-c2ccccc2)ccc2[nH]ncc12. The van der Waals surface area contributed by atoms with Gasteiger partial charge in [-0.25, -0.2) is 4.39 Å². The highest BCUT2D eigenvalue weighted by Gasteiger charge is 2.09. The Morgan fingerprint density at radius 1 is 1.00 bits per heavy atom. The second-order valence-electron chi connectivity index (χ2n) is 3.62. The lowest BCUT2D eigenvalue weighted by Crippen LogP contribution is -1.84. The maximum absolute atomic E-state index is 14.1. The van der Waals surface area contributed by atoms with Gasteiger partial charge in [0.15, 0.2) is 0 Å². The van der Waals surface area contributed by atoms with E-state index in [-0.39, 0.29) is 5.82 Å². The summed E-state index contributed by atoms with van der Waals surface area (Å²) in [6.07, 6.45) is 1.51. The molecule has 1 heterocycles. The monoisotopic (exact) mass is 212 g/mol. The van der Waals surface area contributed by atoms with Gasteiger partial charge in [0.05, 0.1) is 17.1 Å². The summed E-state index contributed by atoms with van der Waals surface area (Å²) in [5.74, 6) is -0.225. The fraction of sp³-hybridized carbons (Fsp3) is 0. The third-order valence-corrected chi connectivity index (χ3v) is 2.64. The number of hydrogen-bond acceptors (Lipinski definition) is 1. The van der Waals surface area contributed by atoms with Crippen LogP contribution < -0.4 is 0 Å². The third-order valence-electron chi connectivity index (χ3n) is 2.64. The van der Waals surface area contributed by atoms with Gasteiger partial charge in [-0.3, -0.25) is 5.10 Å². The van der Waals surface area contributed by atoms with Crippen molar-refractivity contribution >= 4 is 10.9 Å². The van der Waals surface area contributed by atoms with Crippen LogP contribution in [0.3, 0.4) is 0 Å². The Hall–Kier alpha value is -2.16. The zero-order valence-corrected chi connectivity index (χ0v) is 8.44. The summed E-state index contributed by atoms with van der Waals surface area (Å²) < 4.78 is 14.1. The van der Waals surface area contributed by atoms with E-state index in [0.29, 0.717) is 10.9 Å². The summed E-state index contributed by atoms with van der Waals surface area (Å²) in [5, 5.41) is 7.11. The minimum absolute atomic E-state index is 0.225. The predicted molar refractivity (Wildman–Crippen MR) is 61.5 cm³/mol. The fourth-order valence-corrected chi connectivity index (χ4v) is 1.82. The first-order chi connectivity index (χ1) is 7.86. The van der Waals surface area contributed by atoms with E-state index in [1.165, 1.54) is 6.20 Å². The molecule has 78 valence electrons. The predicted octanol–water partition coefficient (Wildman–Crippen LogP) is 3.37. The van der Waals surface area contributed by atoms with Gasteiger partial charge in [0.25, 0.3) is 0 Å². The van der Waals surface area contributed by atoms with Crippen LogP contribution in [0.2, 0.25) is 0 Å². The van der Waals surface area contributed by atoms with Crippen molar-refractivity contribution < 1.29 is 4.39 Å². The topological polar surface area (TPSA) is 28.7 Å². The molecule has 0 radical (unpaired) electrons. The van der Waals surface area contributed by atoms with Crippen LogP contribution >= 0.6 is 0 Å². The molecule has 0 unspecified atom stereocenters. The average Bonchev–Trinajstić information content (AvgIpc) is 2.80. The Morgan fingerprint density at radius 3 is 2.62 bits per heavy atom. The van der Waals surface area contributed by atoms with Crippen LogP contribution in [0.1, 0.15) is 0 Å². The maximum Gasteiger partial charge on any atom is 0.142 e. The van der Waals surface area contributed by atoms with E-state index in [4.69, 9.17) is 0 Å². The molecule has 0 amide bonds. The van der Waals surface area contributed by atoms with Crippen LogP contribution in [0, 0.1) is 5.82 Å². The average molecular weight is 212 g/mol. The number of rotatable bonds is 1. The minimum Gasteiger partial charge on any atom is -0.278 e. The molecule has 0 aliphatic rings. The van der Waals surface area contributed by atoms with Crippen LogP contribution in [-0.4, -0.2) is 10.2 Å². The molecule has 0 spiro atoms. The summed E-state index contributed by atoms with van der Waals surface area (Å²) in [5.41, 5.74) is 2.20. The molecule has 0 saturated carbocycles. The van der Waals surface area contributed by atoms with E-state index in [1.54, 1.807) is 6.07 Å². The van der Waals surface area contributed by atoms with Gasteiger partial charge in [-0.1, -0.05) is 30.3 Å². The number of hydrogen-bond donors (Lipinski definition) is 1. The van der Waals surface area contributed by atoms with Crippen molar-refractivity contribution in [1.82, 2.24) is 10.2 Å². The summed E-state index contributed by atoms with van der Waals surface area (Å²) in [7, 11) is 0. The number of fused-ring (bicyclic) bond motifs is 1. The molecule has 16 heavy (non-hydrogen) atoms. The number of halogens is 1. The zero-order chi connectivity index (χ0) is 11.0. The molecule has 0 bridgehead atoms. The van der Waals surface area contributed by atoms with Crippen LogP contribution in [0.4, 0.5) is 4.39 Å². The van der Waals surface area contributed by atoms with Crippen molar-refractivity contribution in [3.63, 3.8) is 0 Å². The molecule has 0 saturated heterocycles. The fourth-order valence-electron chi connectivity index (χ4n) is 1.82. The second kappa shape index (κ2) is 3.45. The molecular formula is C13H9FN2. The number of aromatic nitrogens is 2. The van der Waals surface area contributed by atoms with Gasteiger partial charge >= 0.3 is 0 Å². The molecule has 2 nitrogen and oxygen atoms in total. The Bertz CT molecular complexity index is 629. The standard InChI is InChI=1S/C13H9FN2/c14-13-10(9-4-2-1-3-5-9)6-7-12-11(13)8-15-16-12/h1-8H,(H,15,16). The van der Waals surface area contributed by atoms with Gasteiger partial charge in [-0.2, -0.15) is 5.10 Å². The zero-order valence-electron chi connectivity index (χ0n) is 8.44. The summed E-state index contributed by atoms with van der Waals surface area (Å²) in [4.78, 5) is 0. The lowest BCUT2D eigenvalue weighted by atomic mass is 10.0. The van der Waals surface area contributed by atoms with Gasteiger partial charge < -0.3 is 0 Å². The second-order valence-corrected chi connectivity index (χ2v) is 3.62. The van der Waals surface area contributed by atoms with Gasteiger partial charge in [-0.15, -0.1) is 0 Å². The van der Waals surface area contributed by atoms with E-state index in [9.17, 15) is 4.39 Å². The van der Waals surface area contributed by atoms with Crippen molar-refractivity contribution in [2.75, 3.05) is 0 Å². The molecule has 3 aromatic rings. The number of aromatic amines is 1. The van der Waals surface area contributed by atoms with E-state index in [0.717, 1.165) is 11.1 Å². The van der Waals surface area contributed by atoms with Crippen molar-refractivity contribution in [2.45, 2.75) is 0 Å². The van der Waals surface area contributed by atoms with Crippen molar-refractivity contribution in [3.05, 3.63) is 54.5 Å². The van der Waals surface area contributed by atoms with E-state index in [2.05, 4.69) is 10.2 Å². The molecule has 0 fully saturated rings. The van der Waals surface area contributed by atoms with Crippen LogP contribution in [0.15, 0.2) is 48.7 Å². The summed E-state index contributed by atoms with van der Waals surface area (Å²) >= 11 is 0. The van der Waals surface area contributed by atoms with Crippen molar-refractivity contribution in [3.8, 4) is 11.1 Å². The van der Waals surface area contributed by atoms with Crippen LogP contribution in [-0.2, 0) is 0 Å². The molecule has 3 heteroatoms. The lowest BCUT2D eigenvalue weighted by Gasteiger charge is -2.03. The van der Waals surface area contributed by atoms with E-state index in [1.807, 2.05) is 36.4 Å². The minimum atomic E-state index is -0.225. The normalized spacial score (nSPS) is 10.8. The first-order valence-electron chi connectivity index (χ1n) is 5.03. The molecule has 2 aromatic carbocycles. The van der Waals surface area contributed by atoms with E-state index >= 15 is 0 Å². The van der Waals surface area contributed by atoms with Gasteiger partial charge in [-0.05, 0) is 17.7 Å². The number of nitrogens with one attached hydrogen (secondary N) is 1. The quantitative estimate of drug-likeness (QED) is 0.658. The Morgan fingerprint density at radius 2 is 1.81 bits per heavy atom. The van der Waals surface area contributed by atoms with Crippen LogP contribution in [0.25, 0.3) is 22.0 Å². The van der Waals surface area contributed by atoms with Gasteiger partial charge in [0, 0.05) is 5.56 Å². The summed E-state index contributed by atoms with van der Waals surface area (Å²) in [6.45, 7) is 0. The van der Waals surface area contributed by atoms with Crippen molar-refractivity contribution in [1.29, 1.82) is 0 Å². The lowest BCUT2D eigenvalue weighted by molar-refractivity contribution is 0.643. The van der Waals surface area contributed by atoms with Gasteiger partial charge in [0.2, 0.25) is 0 Å². The third kappa shape index (κ3) is 1.29. The molecule has 0 atom stereocenters. The van der Waals surface area contributed by atoms with Crippen molar-refractivity contribution in [2.24, 2.45) is 0 Å². The number of benzene rings is 2. The molecular weight excluding hydrogens is 203 g/mol. The first-order valence-corrected chi connectivity index (χ1v) is 5.03. The largest absolute Gasteiger partial charge is 0.278 e. The highest BCUT2D eigenvalue weighted by atomic mass is 19.1. The maximum atomic E-state index is 14.1. The van der Waals surface area contributed by atoms with Gasteiger partial charge in [0.1, 0.15) is 5.82 Å². The smallest absolute Gasteiger partial charge is 0.142 e. The molecule has 1 N–H and O–H groups in total. The Kier molecular flexibility index (Phi) is 1.96. The first kappa shape index (κ1) is 9.09. The highest BCUT2D eigenvalue weighted by Crippen LogP contribution is 2.27. The Balaban J connectivity index is 2.28. The Labute approximate surface area is 91.7 Å². The molecule has 3 rings (SSSR count).